The van der Waals surface area contributed by atoms with Gasteiger partial charge in [-0.25, -0.2) is 0 Å². The van der Waals surface area contributed by atoms with Crippen molar-refractivity contribution in [1.29, 1.82) is 0 Å². The summed E-state index contributed by atoms with van der Waals surface area (Å²) in [5, 5.41) is 3.14. The molecule has 0 saturated heterocycles. The molecule has 2 nitrogen and oxygen atoms in total. The van der Waals surface area contributed by atoms with Gasteiger partial charge in [-0.2, -0.15) is 0 Å². The molecule has 0 bridgehead atoms. The number of rotatable bonds is 5. The van der Waals surface area contributed by atoms with E-state index in [9.17, 15) is 4.79 Å². The Hall–Kier alpha value is -0.540. The predicted octanol–water partition coefficient (Wildman–Crippen LogP) is 4.15. The Morgan fingerprint density at radius 1 is 1.37 bits per heavy atom. The average Bonchev–Trinajstić information content (AvgIpc) is 2.89. The molecule has 0 radical (unpaired) electrons. The maximum absolute atomic E-state index is 12.4. The third kappa shape index (κ3) is 3.14. The molecule has 0 saturated carbocycles. The largest absolute Gasteiger partial charge is 0.345 e. The van der Waals surface area contributed by atoms with Crippen LogP contribution in [-0.4, -0.2) is 17.3 Å². The first-order valence-electron chi connectivity index (χ1n) is 7.14. The number of thiophene rings is 1. The molecule has 0 atom stereocenters. The lowest BCUT2D eigenvalue weighted by Gasteiger charge is -2.30. The standard InChI is InChI=1S/C15H22ClNOS/c1-3-15(4-2,10-16)17-14(18)13-9-11-7-5-6-8-12(11)19-13/h9H,3-8,10H2,1-2H3,(H,17,18). The monoisotopic (exact) mass is 299 g/mol. The van der Waals surface area contributed by atoms with Crippen molar-refractivity contribution in [1.82, 2.24) is 5.32 Å². The van der Waals surface area contributed by atoms with Crippen molar-refractivity contribution >= 4 is 28.8 Å². The van der Waals surface area contributed by atoms with E-state index in [1.54, 1.807) is 11.3 Å². The summed E-state index contributed by atoms with van der Waals surface area (Å²) in [5.74, 6) is 0.514. The molecule has 1 N–H and O–H groups in total. The van der Waals surface area contributed by atoms with Crippen molar-refractivity contribution < 1.29 is 4.79 Å². The molecule has 2 rings (SSSR count). The fourth-order valence-electron chi connectivity index (χ4n) is 2.55. The number of amides is 1. The molecular formula is C15H22ClNOS. The highest BCUT2D eigenvalue weighted by molar-refractivity contribution is 7.14. The number of halogens is 1. The van der Waals surface area contributed by atoms with E-state index < -0.39 is 0 Å². The summed E-state index contributed by atoms with van der Waals surface area (Å²) in [5.41, 5.74) is 1.12. The van der Waals surface area contributed by atoms with Gasteiger partial charge in [0.1, 0.15) is 0 Å². The summed E-state index contributed by atoms with van der Waals surface area (Å²) in [6, 6.07) is 2.08. The number of fused-ring (bicyclic) bond motifs is 1. The van der Waals surface area contributed by atoms with Gasteiger partial charge in [-0.05, 0) is 50.2 Å². The van der Waals surface area contributed by atoms with E-state index in [-0.39, 0.29) is 11.4 Å². The fourth-order valence-corrected chi connectivity index (χ4v) is 4.15. The molecule has 0 aliphatic heterocycles. The SMILES string of the molecule is CCC(CC)(CCl)NC(=O)c1cc2c(s1)CCCC2. The van der Waals surface area contributed by atoms with Crippen molar-refractivity contribution in [3.63, 3.8) is 0 Å². The van der Waals surface area contributed by atoms with Gasteiger partial charge in [0.25, 0.3) is 5.91 Å². The van der Waals surface area contributed by atoms with Gasteiger partial charge in [-0.1, -0.05) is 13.8 Å². The molecule has 1 aliphatic rings. The van der Waals surface area contributed by atoms with E-state index in [2.05, 4.69) is 25.2 Å². The van der Waals surface area contributed by atoms with Gasteiger partial charge in [-0.3, -0.25) is 4.79 Å². The van der Waals surface area contributed by atoms with Gasteiger partial charge < -0.3 is 5.32 Å². The van der Waals surface area contributed by atoms with Gasteiger partial charge in [0.2, 0.25) is 0 Å². The lowest BCUT2D eigenvalue weighted by molar-refractivity contribution is 0.0906. The molecule has 106 valence electrons. The highest BCUT2D eigenvalue weighted by atomic mass is 35.5. The van der Waals surface area contributed by atoms with Crippen LogP contribution in [0, 0.1) is 0 Å². The molecule has 1 aromatic rings. The number of nitrogens with one attached hydrogen (secondary N) is 1. The molecule has 1 amide bonds. The summed E-state index contributed by atoms with van der Waals surface area (Å²) in [6.45, 7) is 4.15. The van der Waals surface area contributed by atoms with Crippen LogP contribution in [0.1, 0.15) is 59.6 Å². The number of aryl methyl sites for hydroxylation is 2. The predicted molar refractivity (Wildman–Crippen MR) is 82.5 cm³/mol. The Morgan fingerprint density at radius 2 is 2.05 bits per heavy atom. The van der Waals surface area contributed by atoms with Crippen LogP contribution in [0.2, 0.25) is 0 Å². The van der Waals surface area contributed by atoms with Crippen LogP contribution < -0.4 is 5.32 Å². The maximum atomic E-state index is 12.4. The molecule has 1 aliphatic carbocycles. The minimum atomic E-state index is -0.261. The third-order valence-corrected chi connectivity index (χ3v) is 5.96. The van der Waals surface area contributed by atoms with Crippen LogP contribution in [0.25, 0.3) is 0 Å². The summed E-state index contributed by atoms with van der Waals surface area (Å²) < 4.78 is 0. The minimum absolute atomic E-state index is 0.0451. The van der Waals surface area contributed by atoms with Crippen LogP contribution in [-0.2, 0) is 12.8 Å². The van der Waals surface area contributed by atoms with Crippen molar-refractivity contribution in [2.45, 2.75) is 57.9 Å². The zero-order valence-electron chi connectivity index (χ0n) is 11.7. The summed E-state index contributed by atoms with van der Waals surface area (Å²) in [4.78, 5) is 14.6. The van der Waals surface area contributed by atoms with Gasteiger partial charge in [0.15, 0.2) is 0 Å². The van der Waals surface area contributed by atoms with E-state index in [0.29, 0.717) is 5.88 Å². The first kappa shape index (κ1) is 14.9. The molecular weight excluding hydrogens is 278 g/mol. The van der Waals surface area contributed by atoms with Crippen molar-refractivity contribution in [2.75, 3.05) is 5.88 Å². The van der Waals surface area contributed by atoms with E-state index in [1.165, 1.54) is 23.3 Å². The van der Waals surface area contributed by atoms with E-state index in [0.717, 1.165) is 30.6 Å². The maximum Gasteiger partial charge on any atom is 0.261 e. The molecule has 0 unspecified atom stereocenters. The minimum Gasteiger partial charge on any atom is -0.345 e. The Balaban J connectivity index is 2.13. The summed E-state index contributed by atoms with van der Waals surface area (Å²) >= 11 is 7.71. The van der Waals surface area contributed by atoms with Crippen LogP contribution in [0.5, 0.6) is 0 Å². The smallest absolute Gasteiger partial charge is 0.261 e. The first-order chi connectivity index (χ1) is 9.14. The zero-order chi connectivity index (χ0) is 13.9. The number of carbonyl (C=O) groups excluding carboxylic acids is 1. The Labute approximate surface area is 124 Å². The second kappa shape index (κ2) is 6.27. The quantitative estimate of drug-likeness (QED) is 0.813. The van der Waals surface area contributed by atoms with Crippen LogP contribution in [0.3, 0.4) is 0 Å². The van der Waals surface area contributed by atoms with E-state index in [4.69, 9.17) is 11.6 Å². The number of hydrogen-bond acceptors (Lipinski definition) is 2. The van der Waals surface area contributed by atoms with Crippen LogP contribution in [0.4, 0.5) is 0 Å². The number of carbonyl (C=O) groups is 1. The Morgan fingerprint density at radius 3 is 2.63 bits per heavy atom. The summed E-state index contributed by atoms with van der Waals surface area (Å²) in [6.07, 6.45) is 6.49. The van der Waals surface area contributed by atoms with Gasteiger partial charge in [-0.15, -0.1) is 22.9 Å². The lowest BCUT2D eigenvalue weighted by atomic mass is 9.95. The van der Waals surface area contributed by atoms with Gasteiger partial charge in [0.05, 0.1) is 10.4 Å². The lowest BCUT2D eigenvalue weighted by Crippen LogP contribution is -2.49. The van der Waals surface area contributed by atoms with Crippen LogP contribution in [0.15, 0.2) is 6.07 Å². The highest BCUT2D eigenvalue weighted by Gasteiger charge is 2.28. The van der Waals surface area contributed by atoms with E-state index in [1.807, 2.05) is 0 Å². The highest BCUT2D eigenvalue weighted by Crippen LogP contribution is 2.30. The van der Waals surface area contributed by atoms with E-state index >= 15 is 0 Å². The number of hydrogen-bond donors (Lipinski definition) is 1. The normalized spacial score (nSPS) is 15.1. The third-order valence-electron chi connectivity index (χ3n) is 4.21. The fraction of sp³-hybridized carbons (Fsp3) is 0.667. The molecule has 19 heavy (non-hydrogen) atoms. The second-order valence-corrected chi connectivity index (χ2v) is 6.75. The molecule has 0 spiro atoms. The number of alkyl halides is 1. The Kier molecular flexibility index (Phi) is 4.91. The van der Waals surface area contributed by atoms with Gasteiger partial charge in [0, 0.05) is 10.8 Å². The first-order valence-corrected chi connectivity index (χ1v) is 8.49. The van der Waals surface area contributed by atoms with Crippen molar-refractivity contribution in [3.8, 4) is 0 Å². The van der Waals surface area contributed by atoms with Crippen molar-refractivity contribution in [3.05, 3.63) is 21.4 Å². The topological polar surface area (TPSA) is 29.1 Å². The average molecular weight is 300 g/mol. The molecule has 4 heteroatoms. The molecule has 0 fully saturated rings. The second-order valence-electron chi connectivity index (χ2n) is 5.34. The molecule has 1 heterocycles. The molecule has 1 aromatic heterocycles. The summed E-state index contributed by atoms with van der Waals surface area (Å²) in [7, 11) is 0. The molecule has 0 aromatic carbocycles. The van der Waals surface area contributed by atoms with Crippen molar-refractivity contribution in [2.24, 2.45) is 0 Å². The van der Waals surface area contributed by atoms with Crippen LogP contribution >= 0.6 is 22.9 Å². The van der Waals surface area contributed by atoms with Gasteiger partial charge >= 0.3 is 0 Å². The zero-order valence-corrected chi connectivity index (χ0v) is 13.3. The Bertz CT molecular complexity index is 419.